The highest BCUT2D eigenvalue weighted by molar-refractivity contribution is 5.27. The Bertz CT molecular complexity index is 341. The average Bonchev–Trinajstić information content (AvgIpc) is 2.39. The van der Waals surface area contributed by atoms with Crippen LogP contribution < -0.4 is 0 Å². The van der Waals surface area contributed by atoms with E-state index in [1.54, 1.807) is 7.11 Å². The third-order valence-corrected chi connectivity index (χ3v) is 3.33. The first-order valence-corrected chi connectivity index (χ1v) is 6.64. The van der Waals surface area contributed by atoms with Gasteiger partial charge in [-0.3, -0.25) is 0 Å². The lowest BCUT2D eigenvalue weighted by molar-refractivity contribution is 0.119. The van der Waals surface area contributed by atoms with E-state index in [-0.39, 0.29) is 6.10 Å². The van der Waals surface area contributed by atoms with Gasteiger partial charge in [0.1, 0.15) is 0 Å². The number of aryl methyl sites for hydroxylation is 1. The highest BCUT2D eigenvalue weighted by Gasteiger charge is 2.11. The molecule has 102 valence electrons. The van der Waals surface area contributed by atoms with E-state index in [0.717, 1.165) is 43.8 Å². The molecule has 0 saturated carbocycles. The molecule has 1 aromatic rings. The van der Waals surface area contributed by atoms with Crippen LogP contribution in [0.2, 0.25) is 0 Å². The lowest BCUT2D eigenvalue weighted by Gasteiger charge is -2.22. The molecular weight excluding hydrogens is 226 g/mol. The Morgan fingerprint density at radius 2 is 2.00 bits per heavy atom. The highest BCUT2D eigenvalue weighted by atomic mass is 16.5. The SMILES string of the molecule is CCN(CCOC)CCC(O)c1ccccc1C. The maximum atomic E-state index is 10.2. The standard InChI is InChI=1S/C15H25NO2/c1-4-16(11-12-18-3)10-9-15(17)14-8-6-5-7-13(14)2/h5-8,15,17H,4,9-12H2,1-3H3. The van der Waals surface area contributed by atoms with Gasteiger partial charge in [0.25, 0.3) is 0 Å². The van der Waals surface area contributed by atoms with Crippen molar-refractivity contribution in [2.24, 2.45) is 0 Å². The zero-order valence-corrected chi connectivity index (χ0v) is 11.7. The molecule has 0 bridgehead atoms. The number of hydrogen-bond acceptors (Lipinski definition) is 3. The van der Waals surface area contributed by atoms with Gasteiger partial charge in [-0.1, -0.05) is 31.2 Å². The van der Waals surface area contributed by atoms with E-state index in [1.807, 2.05) is 31.2 Å². The molecule has 1 unspecified atom stereocenters. The van der Waals surface area contributed by atoms with Crippen LogP contribution in [0.25, 0.3) is 0 Å². The van der Waals surface area contributed by atoms with E-state index in [0.29, 0.717) is 0 Å². The molecule has 0 aliphatic rings. The van der Waals surface area contributed by atoms with Crippen molar-refractivity contribution in [3.8, 4) is 0 Å². The first-order valence-electron chi connectivity index (χ1n) is 6.64. The molecule has 1 aromatic carbocycles. The van der Waals surface area contributed by atoms with Crippen molar-refractivity contribution >= 4 is 0 Å². The molecule has 18 heavy (non-hydrogen) atoms. The van der Waals surface area contributed by atoms with Crippen LogP contribution in [-0.4, -0.2) is 43.4 Å². The Labute approximate surface area is 110 Å². The second-order valence-corrected chi connectivity index (χ2v) is 4.59. The zero-order chi connectivity index (χ0) is 13.4. The van der Waals surface area contributed by atoms with Gasteiger partial charge in [0.15, 0.2) is 0 Å². The van der Waals surface area contributed by atoms with Gasteiger partial charge in [0, 0.05) is 20.2 Å². The van der Waals surface area contributed by atoms with Crippen molar-refractivity contribution in [2.45, 2.75) is 26.4 Å². The lowest BCUT2D eigenvalue weighted by Crippen LogP contribution is -2.29. The first-order chi connectivity index (χ1) is 8.69. The molecule has 0 aliphatic carbocycles. The number of benzene rings is 1. The predicted octanol–water partition coefficient (Wildman–Crippen LogP) is 2.39. The summed E-state index contributed by atoms with van der Waals surface area (Å²) in [6.45, 7) is 7.73. The van der Waals surface area contributed by atoms with E-state index >= 15 is 0 Å². The normalized spacial score (nSPS) is 12.9. The Balaban J connectivity index is 2.44. The molecule has 0 spiro atoms. The summed E-state index contributed by atoms with van der Waals surface area (Å²) < 4.78 is 5.08. The van der Waals surface area contributed by atoms with E-state index in [9.17, 15) is 5.11 Å². The lowest BCUT2D eigenvalue weighted by atomic mass is 10.0. The molecule has 3 nitrogen and oxygen atoms in total. The fourth-order valence-electron chi connectivity index (χ4n) is 2.07. The fourth-order valence-corrected chi connectivity index (χ4v) is 2.07. The Kier molecular flexibility index (Phi) is 6.94. The molecule has 0 aromatic heterocycles. The molecule has 0 radical (unpaired) electrons. The minimum atomic E-state index is -0.372. The number of likely N-dealkylation sites (N-methyl/N-ethyl adjacent to an activating group) is 1. The third-order valence-electron chi connectivity index (χ3n) is 3.33. The van der Waals surface area contributed by atoms with E-state index < -0.39 is 0 Å². The molecule has 1 rings (SSSR count). The van der Waals surface area contributed by atoms with Gasteiger partial charge in [-0.2, -0.15) is 0 Å². The van der Waals surface area contributed by atoms with Gasteiger partial charge in [-0.25, -0.2) is 0 Å². The van der Waals surface area contributed by atoms with Crippen LogP contribution in [0.4, 0.5) is 0 Å². The second kappa shape index (κ2) is 8.25. The second-order valence-electron chi connectivity index (χ2n) is 4.59. The quantitative estimate of drug-likeness (QED) is 0.770. The van der Waals surface area contributed by atoms with Crippen LogP contribution in [0.3, 0.4) is 0 Å². The van der Waals surface area contributed by atoms with E-state index in [1.165, 1.54) is 0 Å². The summed E-state index contributed by atoms with van der Waals surface area (Å²) >= 11 is 0. The number of ether oxygens (including phenoxy) is 1. The number of aliphatic hydroxyl groups is 1. The number of methoxy groups -OCH3 is 1. The predicted molar refractivity (Wildman–Crippen MR) is 74.7 cm³/mol. The maximum Gasteiger partial charge on any atom is 0.0804 e. The number of hydrogen-bond donors (Lipinski definition) is 1. The van der Waals surface area contributed by atoms with Crippen LogP contribution >= 0.6 is 0 Å². The molecule has 0 fully saturated rings. The molecule has 1 atom stereocenters. The summed E-state index contributed by atoms with van der Waals surface area (Å²) in [6, 6.07) is 8.03. The van der Waals surface area contributed by atoms with Crippen LogP contribution in [0, 0.1) is 6.92 Å². The van der Waals surface area contributed by atoms with Crippen molar-refractivity contribution in [3.63, 3.8) is 0 Å². The summed E-state index contributed by atoms with van der Waals surface area (Å²) in [7, 11) is 1.72. The smallest absolute Gasteiger partial charge is 0.0804 e. The van der Waals surface area contributed by atoms with E-state index in [2.05, 4.69) is 11.8 Å². The van der Waals surface area contributed by atoms with Gasteiger partial charge < -0.3 is 14.7 Å². The van der Waals surface area contributed by atoms with Crippen molar-refractivity contribution < 1.29 is 9.84 Å². The molecule has 0 amide bonds. The topological polar surface area (TPSA) is 32.7 Å². The molecule has 1 N–H and O–H groups in total. The number of nitrogens with zero attached hydrogens (tertiary/aromatic N) is 1. The van der Waals surface area contributed by atoms with Crippen LogP contribution in [0.1, 0.15) is 30.6 Å². The van der Waals surface area contributed by atoms with Crippen LogP contribution in [0.5, 0.6) is 0 Å². The van der Waals surface area contributed by atoms with Crippen molar-refractivity contribution in [2.75, 3.05) is 33.4 Å². The van der Waals surface area contributed by atoms with Gasteiger partial charge in [0.2, 0.25) is 0 Å². The Morgan fingerprint density at radius 1 is 1.28 bits per heavy atom. The monoisotopic (exact) mass is 251 g/mol. The summed E-state index contributed by atoms with van der Waals surface area (Å²) in [4.78, 5) is 2.30. The van der Waals surface area contributed by atoms with Gasteiger partial charge >= 0.3 is 0 Å². The van der Waals surface area contributed by atoms with Gasteiger partial charge in [-0.05, 0) is 31.0 Å². The third kappa shape index (κ3) is 4.77. The summed E-state index contributed by atoms with van der Waals surface area (Å²) in [5.41, 5.74) is 2.20. The summed E-state index contributed by atoms with van der Waals surface area (Å²) in [6.07, 6.45) is 0.394. The van der Waals surface area contributed by atoms with Crippen molar-refractivity contribution in [1.29, 1.82) is 0 Å². The van der Waals surface area contributed by atoms with Crippen LogP contribution in [0.15, 0.2) is 24.3 Å². The minimum absolute atomic E-state index is 0.372. The van der Waals surface area contributed by atoms with E-state index in [4.69, 9.17) is 4.74 Å². The molecule has 0 heterocycles. The van der Waals surface area contributed by atoms with Gasteiger partial charge in [-0.15, -0.1) is 0 Å². The van der Waals surface area contributed by atoms with Crippen molar-refractivity contribution in [1.82, 2.24) is 4.90 Å². The summed E-state index contributed by atoms with van der Waals surface area (Å²) in [5, 5.41) is 10.2. The average molecular weight is 251 g/mol. The molecule has 3 heteroatoms. The fraction of sp³-hybridized carbons (Fsp3) is 0.600. The van der Waals surface area contributed by atoms with Gasteiger partial charge in [0.05, 0.1) is 12.7 Å². The summed E-state index contributed by atoms with van der Waals surface area (Å²) in [5.74, 6) is 0. The van der Waals surface area contributed by atoms with Crippen molar-refractivity contribution in [3.05, 3.63) is 35.4 Å². The number of rotatable bonds is 8. The molecule has 0 aliphatic heterocycles. The van der Waals surface area contributed by atoms with Crippen LogP contribution in [-0.2, 0) is 4.74 Å². The number of aliphatic hydroxyl groups excluding tert-OH is 1. The Hall–Kier alpha value is -0.900. The first kappa shape index (κ1) is 15.2. The highest BCUT2D eigenvalue weighted by Crippen LogP contribution is 2.20. The Morgan fingerprint density at radius 3 is 2.61 bits per heavy atom. The largest absolute Gasteiger partial charge is 0.388 e. The molecular formula is C15H25NO2. The minimum Gasteiger partial charge on any atom is -0.388 e. The maximum absolute atomic E-state index is 10.2. The zero-order valence-electron chi connectivity index (χ0n) is 11.7. The molecule has 0 saturated heterocycles.